The molecule has 124 valence electrons. The van der Waals surface area contributed by atoms with E-state index in [1.165, 1.54) is 11.6 Å². The lowest BCUT2D eigenvalue weighted by atomic mass is 9.54. The standard InChI is InChI=1S/C19H24O4/c1-5-6-16(20)23-14-10-15-19(11-21-19)18(14,4)17(3)8-7-12(2)9-13(17)22-15/h5-9,13-15H,10-11H2,1-4H3. The van der Waals surface area contributed by atoms with Crippen molar-refractivity contribution in [2.24, 2.45) is 10.8 Å². The van der Waals surface area contributed by atoms with Crippen LogP contribution in [0.4, 0.5) is 0 Å². The summed E-state index contributed by atoms with van der Waals surface area (Å²) in [5, 5.41) is 0. The zero-order valence-electron chi connectivity index (χ0n) is 14.2. The first-order valence-corrected chi connectivity index (χ1v) is 8.38. The SMILES string of the molecule is CC=CC(=O)OC1CC2OC3C=C(C)C=CC3(C)C1(C)C21CO1. The van der Waals surface area contributed by atoms with Gasteiger partial charge in [0.1, 0.15) is 11.7 Å². The van der Waals surface area contributed by atoms with E-state index >= 15 is 0 Å². The van der Waals surface area contributed by atoms with Gasteiger partial charge in [0, 0.05) is 17.9 Å². The lowest BCUT2D eigenvalue weighted by molar-refractivity contribution is -0.188. The zero-order valence-corrected chi connectivity index (χ0v) is 14.2. The summed E-state index contributed by atoms with van der Waals surface area (Å²) >= 11 is 0. The lowest BCUT2D eigenvalue weighted by Gasteiger charge is -2.55. The van der Waals surface area contributed by atoms with Gasteiger partial charge in [-0.05, 0) is 13.8 Å². The van der Waals surface area contributed by atoms with Gasteiger partial charge in [0.05, 0.1) is 24.2 Å². The Balaban J connectivity index is 1.76. The summed E-state index contributed by atoms with van der Waals surface area (Å²) in [7, 11) is 0. The monoisotopic (exact) mass is 316 g/mol. The van der Waals surface area contributed by atoms with Gasteiger partial charge in [0.25, 0.3) is 0 Å². The van der Waals surface area contributed by atoms with Crippen LogP contribution in [-0.2, 0) is 19.0 Å². The molecule has 6 unspecified atom stereocenters. The molecule has 2 saturated heterocycles. The number of epoxide rings is 1. The molecule has 0 aromatic carbocycles. The Bertz CT molecular complexity index is 642. The molecule has 0 aromatic heterocycles. The molecule has 2 aliphatic carbocycles. The number of ether oxygens (including phenoxy) is 3. The Morgan fingerprint density at radius 1 is 1.43 bits per heavy atom. The van der Waals surface area contributed by atoms with Crippen molar-refractivity contribution in [3.8, 4) is 0 Å². The minimum atomic E-state index is -0.317. The van der Waals surface area contributed by atoms with Gasteiger partial charge in [-0.3, -0.25) is 0 Å². The van der Waals surface area contributed by atoms with Crippen LogP contribution in [0, 0.1) is 10.8 Å². The van der Waals surface area contributed by atoms with Gasteiger partial charge < -0.3 is 14.2 Å². The van der Waals surface area contributed by atoms with Crippen molar-refractivity contribution in [1.29, 1.82) is 0 Å². The highest BCUT2D eigenvalue weighted by molar-refractivity contribution is 5.82. The number of carbonyl (C=O) groups is 1. The topological polar surface area (TPSA) is 48.1 Å². The smallest absolute Gasteiger partial charge is 0.330 e. The average Bonchev–Trinajstić information content (AvgIpc) is 3.26. The van der Waals surface area contributed by atoms with E-state index in [-0.39, 0.29) is 40.7 Å². The molecule has 0 radical (unpaired) electrons. The molecule has 6 atom stereocenters. The molecular formula is C19H24O4. The minimum absolute atomic E-state index is 0.00254. The Hall–Kier alpha value is -1.39. The fraction of sp³-hybridized carbons (Fsp3) is 0.632. The van der Waals surface area contributed by atoms with Gasteiger partial charge in [-0.25, -0.2) is 4.79 Å². The summed E-state index contributed by atoms with van der Waals surface area (Å²) in [5.41, 5.74) is 0.350. The van der Waals surface area contributed by atoms with Gasteiger partial charge in [-0.15, -0.1) is 0 Å². The van der Waals surface area contributed by atoms with Crippen LogP contribution in [0.3, 0.4) is 0 Å². The Morgan fingerprint density at radius 2 is 2.17 bits per heavy atom. The van der Waals surface area contributed by atoms with E-state index in [0.29, 0.717) is 13.0 Å². The van der Waals surface area contributed by atoms with Gasteiger partial charge >= 0.3 is 5.97 Å². The van der Waals surface area contributed by atoms with Crippen molar-refractivity contribution in [3.63, 3.8) is 0 Å². The third-order valence-electron chi connectivity index (χ3n) is 6.62. The van der Waals surface area contributed by atoms with Crippen molar-refractivity contribution < 1.29 is 19.0 Å². The van der Waals surface area contributed by atoms with Crippen LogP contribution in [0.25, 0.3) is 0 Å². The normalized spacial score (nSPS) is 50.1. The summed E-state index contributed by atoms with van der Waals surface area (Å²) in [6, 6.07) is 0. The van der Waals surface area contributed by atoms with Crippen LogP contribution in [0.5, 0.6) is 0 Å². The van der Waals surface area contributed by atoms with E-state index in [9.17, 15) is 4.79 Å². The number of esters is 1. The number of allylic oxidation sites excluding steroid dienone is 3. The maximum atomic E-state index is 12.1. The van der Waals surface area contributed by atoms with Gasteiger partial charge in [-0.1, -0.05) is 43.7 Å². The second-order valence-electron chi connectivity index (χ2n) is 7.61. The number of fused-ring (bicyclic) bond motifs is 2. The predicted octanol–water partition coefficient (Wildman–Crippen LogP) is 2.94. The van der Waals surface area contributed by atoms with Crippen molar-refractivity contribution >= 4 is 5.97 Å². The van der Waals surface area contributed by atoms with E-state index in [0.717, 1.165) is 0 Å². The quantitative estimate of drug-likeness (QED) is 0.446. The highest BCUT2D eigenvalue weighted by Gasteiger charge is 2.81. The van der Waals surface area contributed by atoms with Crippen LogP contribution in [-0.4, -0.2) is 36.5 Å². The summed E-state index contributed by atoms with van der Waals surface area (Å²) < 4.78 is 18.2. The van der Waals surface area contributed by atoms with Gasteiger partial charge in [0.15, 0.2) is 0 Å². The predicted molar refractivity (Wildman–Crippen MR) is 85.8 cm³/mol. The molecule has 1 saturated carbocycles. The van der Waals surface area contributed by atoms with Crippen molar-refractivity contribution in [1.82, 2.24) is 0 Å². The van der Waals surface area contributed by atoms with Crippen LogP contribution < -0.4 is 0 Å². The van der Waals surface area contributed by atoms with Crippen molar-refractivity contribution in [2.45, 2.75) is 58.0 Å². The first kappa shape index (κ1) is 15.2. The fourth-order valence-corrected chi connectivity index (χ4v) is 4.93. The maximum Gasteiger partial charge on any atom is 0.330 e. The molecule has 0 N–H and O–H groups in total. The Labute approximate surface area is 137 Å². The number of hydrogen-bond acceptors (Lipinski definition) is 4. The van der Waals surface area contributed by atoms with Gasteiger partial charge in [-0.2, -0.15) is 0 Å². The zero-order chi connectivity index (χ0) is 16.5. The molecule has 23 heavy (non-hydrogen) atoms. The average molecular weight is 316 g/mol. The summed E-state index contributed by atoms with van der Waals surface area (Å²) in [6.45, 7) is 9.01. The first-order valence-electron chi connectivity index (χ1n) is 8.38. The molecule has 4 nitrogen and oxygen atoms in total. The van der Waals surface area contributed by atoms with E-state index in [1.807, 2.05) is 6.92 Å². The molecule has 3 fully saturated rings. The van der Waals surface area contributed by atoms with E-state index in [4.69, 9.17) is 14.2 Å². The van der Waals surface area contributed by atoms with Crippen molar-refractivity contribution in [3.05, 3.63) is 36.0 Å². The Morgan fingerprint density at radius 3 is 2.83 bits per heavy atom. The molecule has 2 aliphatic heterocycles. The summed E-state index contributed by atoms with van der Waals surface area (Å²) in [5.74, 6) is -0.284. The fourth-order valence-electron chi connectivity index (χ4n) is 4.93. The van der Waals surface area contributed by atoms with Crippen molar-refractivity contribution in [2.75, 3.05) is 6.61 Å². The second kappa shape index (κ2) is 4.58. The maximum absolute atomic E-state index is 12.1. The molecule has 0 aromatic rings. The molecule has 2 heterocycles. The minimum Gasteiger partial charge on any atom is -0.458 e. The van der Waals surface area contributed by atoms with Gasteiger partial charge in [0.2, 0.25) is 0 Å². The van der Waals surface area contributed by atoms with Crippen LogP contribution in [0.2, 0.25) is 0 Å². The lowest BCUT2D eigenvalue weighted by Crippen LogP contribution is -2.62. The number of rotatable bonds is 2. The molecule has 4 aliphatic rings. The van der Waals surface area contributed by atoms with E-state index in [2.05, 4.69) is 39.0 Å². The van der Waals surface area contributed by atoms with E-state index < -0.39 is 0 Å². The van der Waals surface area contributed by atoms with Crippen LogP contribution >= 0.6 is 0 Å². The molecular weight excluding hydrogens is 292 g/mol. The van der Waals surface area contributed by atoms with Crippen LogP contribution in [0.15, 0.2) is 36.0 Å². The highest BCUT2D eigenvalue weighted by Crippen LogP contribution is 2.70. The molecule has 4 rings (SSSR count). The van der Waals surface area contributed by atoms with Crippen LogP contribution in [0.1, 0.15) is 34.1 Å². The highest BCUT2D eigenvalue weighted by atomic mass is 16.6. The molecule has 1 spiro atoms. The molecule has 0 amide bonds. The summed E-state index contributed by atoms with van der Waals surface area (Å²) in [4.78, 5) is 12.1. The third-order valence-corrected chi connectivity index (χ3v) is 6.62. The first-order chi connectivity index (χ1) is 10.9. The second-order valence-corrected chi connectivity index (χ2v) is 7.61. The molecule has 2 bridgehead atoms. The third kappa shape index (κ3) is 1.71. The number of hydrogen-bond donors (Lipinski definition) is 0. The number of carbonyl (C=O) groups excluding carboxylic acids is 1. The van der Waals surface area contributed by atoms with E-state index in [1.54, 1.807) is 6.08 Å². The summed E-state index contributed by atoms with van der Waals surface area (Å²) in [6.07, 6.45) is 10.2. The molecule has 4 heteroatoms. The Kier molecular flexibility index (Phi) is 3.02. The largest absolute Gasteiger partial charge is 0.458 e.